The van der Waals surface area contributed by atoms with Crippen LogP contribution in [0.3, 0.4) is 0 Å². The van der Waals surface area contributed by atoms with E-state index in [-0.39, 0.29) is 49.2 Å². The molecule has 1 aromatic heterocycles. The highest BCUT2D eigenvalue weighted by molar-refractivity contribution is 7.89. The predicted octanol–water partition coefficient (Wildman–Crippen LogP) is 1.78. The number of carbonyl (C=O) groups is 2. The summed E-state index contributed by atoms with van der Waals surface area (Å²) in [6, 6.07) is 5.69. The van der Waals surface area contributed by atoms with Crippen molar-refractivity contribution in [1.82, 2.24) is 34.4 Å². The topological polar surface area (TPSA) is 122 Å². The van der Waals surface area contributed by atoms with Gasteiger partial charge in [-0.1, -0.05) is 11.6 Å². The first-order chi connectivity index (χ1) is 18.0. The van der Waals surface area contributed by atoms with E-state index in [2.05, 4.69) is 10.4 Å². The molecule has 38 heavy (non-hydrogen) atoms. The minimum Gasteiger partial charge on any atom is -0.453 e. The van der Waals surface area contributed by atoms with E-state index in [1.54, 1.807) is 43.3 Å². The summed E-state index contributed by atoms with van der Waals surface area (Å²) >= 11 is 6.07. The number of aromatic amines is 1. The van der Waals surface area contributed by atoms with Crippen LogP contribution < -0.4 is 5.43 Å². The number of fused-ring (bicyclic) bond motifs is 1. The lowest BCUT2D eigenvalue weighted by Gasteiger charge is -2.43. The second kappa shape index (κ2) is 9.86. The van der Waals surface area contributed by atoms with Crippen molar-refractivity contribution in [3.05, 3.63) is 40.9 Å². The molecule has 1 aromatic carbocycles. The quantitative estimate of drug-likeness (QED) is 0.579. The summed E-state index contributed by atoms with van der Waals surface area (Å²) in [5.41, 5.74) is 4.72. The van der Waals surface area contributed by atoms with Crippen molar-refractivity contribution >= 4 is 44.5 Å². The van der Waals surface area contributed by atoms with Crippen molar-refractivity contribution in [2.24, 2.45) is 0 Å². The third kappa shape index (κ3) is 4.74. The number of carbonyl (C=O) groups excluding carboxylic acids is 2. The maximum absolute atomic E-state index is 13.6. The number of H-pyrrole nitrogens is 1. The summed E-state index contributed by atoms with van der Waals surface area (Å²) in [7, 11) is 1.30. The normalized spacial score (nSPS) is 22.4. The van der Waals surface area contributed by atoms with Gasteiger partial charge in [0.1, 0.15) is 5.03 Å². The Morgan fingerprint density at radius 2 is 1.95 bits per heavy atom. The predicted molar refractivity (Wildman–Crippen MR) is 141 cm³/mol. The Kier molecular flexibility index (Phi) is 6.86. The molecule has 0 aliphatic carbocycles. The number of aromatic nitrogens is 1. The molecule has 2 atom stereocenters. The first-order valence-electron chi connectivity index (χ1n) is 12.4. The number of benzene rings is 1. The lowest BCUT2D eigenvalue weighted by Crippen LogP contribution is -2.62. The van der Waals surface area contributed by atoms with E-state index in [9.17, 15) is 18.0 Å². The molecule has 5 rings (SSSR count). The molecule has 2 N–H and O–H groups in total. The Morgan fingerprint density at radius 3 is 2.68 bits per heavy atom. The molecule has 3 aliphatic rings. The van der Waals surface area contributed by atoms with Crippen molar-refractivity contribution in [3.8, 4) is 0 Å². The van der Waals surface area contributed by atoms with Crippen LogP contribution in [0.15, 0.2) is 40.9 Å². The Morgan fingerprint density at radius 1 is 1.18 bits per heavy atom. The van der Waals surface area contributed by atoms with Gasteiger partial charge < -0.3 is 24.4 Å². The van der Waals surface area contributed by atoms with Crippen LogP contribution in [-0.4, -0.2) is 109 Å². The average molecular weight is 566 g/mol. The van der Waals surface area contributed by atoms with E-state index >= 15 is 0 Å². The Labute approximate surface area is 226 Å². The summed E-state index contributed by atoms with van der Waals surface area (Å²) in [5, 5.41) is 2.71. The maximum Gasteiger partial charge on any atom is 0.339 e. The third-order valence-corrected chi connectivity index (χ3v) is 9.36. The third-order valence-electron chi connectivity index (χ3n) is 7.34. The van der Waals surface area contributed by atoms with Crippen LogP contribution >= 0.6 is 11.6 Å². The smallest absolute Gasteiger partial charge is 0.339 e. The van der Waals surface area contributed by atoms with E-state index in [1.807, 2.05) is 18.9 Å². The standard InChI is InChI=1S/C24H32ClN7O5S/c1-15-29(4)20-7-8-32(27-23(20)37-15)24(34)31-10-9-30(14-18(31)13-22(33)28(2)3)38(35,36)21-12-16-11-17(25)5-6-19(16)26-21/h5-6,11-12,15,18,26-27H,7-10,13-14H2,1-4H3. The average Bonchev–Trinajstić information content (AvgIpc) is 3.43. The molecule has 2 aromatic rings. The SMILES string of the molecule is CC1OC2=C(CCN(C(=O)N3CCN(S(=O)(=O)c4cc5cc(Cl)ccc5[nH]4)CC3CC(=O)N(C)C)N2)N1C. The molecule has 206 valence electrons. The van der Waals surface area contributed by atoms with Gasteiger partial charge in [-0.3, -0.25) is 10.2 Å². The number of nitrogens with one attached hydrogen (secondary N) is 2. The molecule has 0 radical (unpaired) electrons. The van der Waals surface area contributed by atoms with Gasteiger partial charge in [-0.2, -0.15) is 4.31 Å². The Balaban J connectivity index is 1.37. The number of hydrogen-bond donors (Lipinski definition) is 2. The van der Waals surface area contributed by atoms with Gasteiger partial charge in [-0.25, -0.2) is 18.2 Å². The fraction of sp³-hybridized carbons (Fsp3) is 0.500. The second-order valence-electron chi connectivity index (χ2n) is 9.97. The molecule has 12 nitrogen and oxygen atoms in total. The lowest BCUT2D eigenvalue weighted by molar-refractivity contribution is -0.130. The Hall–Kier alpha value is -3.16. The maximum atomic E-state index is 13.6. The number of sulfonamides is 1. The van der Waals surface area contributed by atoms with E-state index < -0.39 is 16.1 Å². The van der Waals surface area contributed by atoms with Crippen LogP contribution in [0.2, 0.25) is 5.02 Å². The molecular formula is C24H32ClN7O5S. The minimum atomic E-state index is -3.91. The molecule has 1 fully saturated rings. The number of halogens is 1. The van der Waals surface area contributed by atoms with E-state index in [1.165, 1.54) is 14.2 Å². The van der Waals surface area contributed by atoms with Crippen molar-refractivity contribution in [2.75, 3.05) is 47.3 Å². The molecule has 14 heteroatoms. The summed E-state index contributed by atoms with van der Waals surface area (Å²) in [4.78, 5) is 34.3. The highest BCUT2D eigenvalue weighted by Gasteiger charge is 2.41. The summed E-state index contributed by atoms with van der Waals surface area (Å²) in [6.07, 6.45) is 0.475. The van der Waals surface area contributed by atoms with Gasteiger partial charge in [0.25, 0.3) is 10.0 Å². The lowest BCUT2D eigenvalue weighted by atomic mass is 10.1. The van der Waals surface area contributed by atoms with Crippen LogP contribution in [-0.2, 0) is 19.6 Å². The number of nitrogens with zero attached hydrogens (tertiary/aromatic N) is 5. The number of hydrogen-bond acceptors (Lipinski definition) is 7. The molecular weight excluding hydrogens is 534 g/mol. The zero-order chi connectivity index (χ0) is 27.4. The first kappa shape index (κ1) is 26.4. The number of amides is 3. The minimum absolute atomic E-state index is 0.00880. The van der Waals surface area contributed by atoms with Crippen molar-refractivity contribution in [1.29, 1.82) is 0 Å². The van der Waals surface area contributed by atoms with E-state index in [4.69, 9.17) is 16.3 Å². The van der Waals surface area contributed by atoms with Gasteiger partial charge in [-0.15, -0.1) is 0 Å². The first-order valence-corrected chi connectivity index (χ1v) is 14.2. The highest BCUT2D eigenvalue weighted by atomic mass is 35.5. The fourth-order valence-corrected chi connectivity index (χ4v) is 6.65. The second-order valence-corrected chi connectivity index (χ2v) is 12.3. The van der Waals surface area contributed by atoms with Crippen LogP contribution in [0.25, 0.3) is 10.9 Å². The number of hydrazine groups is 1. The van der Waals surface area contributed by atoms with Crippen LogP contribution in [0, 0.1) is 0 Å². The molecule has 3 aliphatic heterocycles. The number of ether oxygens (including phenoxy) is 1. The summed E-state index contributed by atoms with van der Waals surface area (Å²) < 4.78 is 34.3. The Bertz CT molecular complexity index is 1410. The van der Waals surface area contributed by atoms with Gasteiger partial charge >= 0.3 is 6.03 Å². The van der Waals surface area contributed by atoms with Crippen LogP contribution in [0.4, 0.5) is 4.79 Å². The molecule has 3 amide bonds. The van der Waals surface area contributed by atoms with Gasteiger partial charge in [0.2, 0.25) is 11.8 Å². The van der Waals surface area contributed by atoms with Gasteiger partial charge in [0, 0.05) is 76.1 Å². The monoisotopic (exact) mass is 565 g/mol. The molecule has 4 heterocycles. The van der Waals surface area contributed by atoms with E-state index in [0.29, 0.717) is 34.8 Å². The van der Waals surface area contributed by atoms with Crippen LogP contribution in [0.5, 0.6) is 0 Å². The van der Waals surface area contributed by atoms with Gasteiger partial charge in [0.15, 0.2) is 6.23 Å². The summed E-state index contributed by atoms with van der Waals surface area (Å²) in [6.45, 7) is 2.56. The van der Waals surface area contributed by atoms with Crippen molar-refractivity contribution in [3.63, 3.8) is 0 Å². The fourth-order valence-electron chi connectivity index (χ4n) is 4.98. The number of urea groups is 1. The molecule has 0 saturated carbocycles. The molecule has 1 saturated heterocycles. The molecule has 2 unspecified atom stereocenters. The zero-order valence-corrected chi connectivity index (χ0v) is 23.3. The van der Waals surface area contributed by atoms with Crippen molar-refractivity contribution < 1.29 is 22.7 Å². The van der Waals surface area contributed by atoms with E-state index in [0.717, 1.165) is 5.70 Å². The van der Waals surface area contributed by atoms with Crippen molar-refractivity contribution in [2.45, 2.75) is 37.1 Å². The summed E-state index contributed by atoms with van der Waals surface area (Å²) in [5.74, 6) is 0.346. The largest absolute Gasteiger partial charge is 0.453 e. The number of rotatable bonds is 4. The van der Waals surface area contributed by atoms with Crippen LogP contribution in [0.1, 0.15) is 19.8 Å². The number of piperazine rings is 1. The van der Waals surface area contributed by atoms with Gasteiger partial charge in [-0.05, 0) is 31.2 Å². The molecule has 0 bridgehead atoms. The highest BCUT2D eigenvalue weighted by Crippen LogP contribution is 2.30. The molecule has 0 spiro atoms. The van der Waals surface area contributed by atoms with Gasteiger partial charge in [0.05, 0.1) is 11.7 Å². The zero-order valence-electron chi connectivity index (χ0n) is 21.8.